The van der Waals surface area contributed by atoms with Crippen molar-refractivity contribution in [2.45, 2.75) is 45.6 Å². The van der Waals surface area contributed by atoms with Gasteiger partial charge in [0.2, 0.25) is 0 Å². The Hall–Kier alpha value is -1.52. The number of halogens is 1. The maximum Gasteiger partial charge on any atom is 0.311 e. The van der Waals surface area contributed by atoms with Crippen LogP contribution in [0, 0.1) is 23.2 Å². The van der Waals surface area contributed by atoms with Gasteiger partial charge in [-0.3, -0.25) is 9.69 Å². The van der Waals surface area contributed by atoms with Crippen LogP contribution in [-0.2, 0) is 9.53 Å². The minimum absolute atomic E-state index is 0.0149. The summed E-state index contributed by atoms with van der Waals surface area (Å²) in [5.41, 5.74) is 3.02. The van der Waals surface area contributed by atoms with E-state index in [-0.39, 0.29) is 29.3 Å². The third-order valence-electron chi connectivity index (χ3n) is 8.08. The molecule has 2 saturated heterocycles. The molecule has 1 saturated carbocycles. The minimum atomic E-state index is -0.0149. The van der Waals surface area contributed by atoms with Gasteiger partial charge in [-0.1, -0.05) is 49.6 Å². The summed E-state index contributed by atoms with van der Waals surface area (Å²) >= 11 is 6.16. The summed E-state index contributed by atoms with van der Waals surface area (Å²) in [5, 5.41) is 0.781. The van der Waals surface area contributed by atoms with Crippen LogP contribution in [0.5, 0.6) is 0 Å². The Morgan fingerprint density at radius 3 is 2.80 bits per heavy atom. The summed E-state index contributed by atoms with van der Waals surface area (Å²) in [6.07, 6.45) is 7.37. The molecule has 2 heterocycles. The number of benzene rings is 1. The topological polar surface area (TPSA) is 32.8 Å². The van der Waals surface area contributed by atoms with Gasteiger partial charge in [-0.25, -0.2) is 0 Å². The highest BCUT2D eigenvalue weighted by molar-refractivity contribution is 6.30. The summed E-state index contributed by atoms with van der Waals surface area (Å²) in [4.78, 5) is 17.7. The second-order valence-corrected chi connectivity index (χ2v) is 10.5. The molecule has 0 spiro atoms. The van der Waals surface area contributed by atoms with Crippen molar-refractivity contribution in [1.29, 1.82) is 0 Å². The number of esters is 1. The monoisotopic (exact) mass is 428 g/mol. The maximum atomic E-state index is 12.8. The van der Waals surface area contributed by atoms with Crippen molar-refractivity contribution in [1.82, 2.24) is 4.90 Å². The van der Waals surface area contributed by atoms with Crippen LogP contribution >= 0.6 is 11.6 Å². The van der Waals surface area contributed by atoms with Crippen molar-refractivity contribution in [3.05, 3.63) is 40.9 Å². The molecule has 30 heavy (non-hydrogen) atoms. The number of fused-ring (bicyclic) bond motifs is 2. The van der Waals surface area contributed by atoms with Gasteiger partial charge in [0.1, 0.15) is 6.10 Å². The minimum Gasteiger partial charge on any atom is -0.461 e. The average Bonchev–Trinajstić information content (AvgIpc) is 3.01. The molecule has 2 aliphatic heterocycles. The second-order valence-electron chi connectivity index (χ2n) is 10.1. The molecule has 5 rings (SSSR count). The summed E-state index contributed by atoms with van der Waals surface area (Å²) in [7, 11) is 0. The Kier molecular flexibility index (Phi) is 5.35. The third kappa shape index (κ3) is 3.67. The molecule has 0 bridgehead atoms. The molecule has 2 aliphatic carbocycles. The summed E-state index contributed by atoms with van der Waals surface area (Å²) < 4.78 is 5.94. The van der Waals surface area contributed by atoms with Crippen LogP contribution in [0.15, 0.2) is 35.9 Å². The summed E-state index contributed by atoms with van der Waals surface area (Å²) in [6.45, 7) is 9.44. The first-order chi connectivity index (χ1) is 14.4. The zero-order chi connectivity index (χ0) is 20.9. The quantitative estimate of drug-likeness (QED) is 0.512. The van der Waals surface area contributed by atoms with Gasteiger partial charge in [-0.05, 0) is 48.8 Å². The lowest BCUT2D eigenvalue weighted by Crippen LogP contribution is -2.49. The van der Waals surface area contributed by atoms with E-state index >= 15 is 0 Å². The molecule has 1 aromatic rings. The van der Waals surface area contributed by atoms with Crippen LogP contribution in [0.1, 0.15) is 39.5 Å². The van der Waals surface area contributed by atoms with E-state index in [1.54, 1.807) is 5.57 Å². The fourth-order valence-corrected chi connectivity index (χ4v) is 6.58. The zero-order valence-electron chi connectivity index (χ0n) is 18.1. The lowest BCUT2D eigenvalue weighted by molar-refractivity contribution is -0.145. The van der Waals surface area contributed by atoms with E-state index in [0.29, 0.717) is 5.92 Å². The van der Waals surface area contributed by atoms with Gasteiger partial charge in [0.25, 0.3) is 0 Å². The van der Waals surface area contributed by atoms with Gasteiger partial charge in [-0.2, -0.15) is 0 Å². The molecule has 162 valence electrons. The molecular formula is C25H33ClN2O2. The molecule has 4 aliphatic rings. The van der Waals surface area contributed by atoms with Gasteiger partial charge in [0.15, 0.2) is 0 Å². The molecule has 5 atom stereocenters. The van der Waals surface area contributed by atoms with Gasteiger partial charge in [0.05, 0.1) is 5.92 Å². The van der Waals surface area contributed by atoms with Crippen LogP contribution in [-0.4, -0.2) is 49.7 Å². The highest BCUT2D eigenvalue weighted by Crippen LogP contribution is 2.54. The maximum absolute atomic E-state index is 12.8. The standard InChI is InChI=1S/C25H33ClN2O2/c1-17-5-4-8-25(2)15-23-20(14-22(17)25)21(24(29)30-23)16-27-9-11-28(12-10-27)19-7-3-6-18(26)13-19/h3,6-7,13-14,17,20-21,23H,4-5,8-12,15-16H2,1-2H3. The Morgan fingerprint density at radius 2 is 2.03 bits per heavy atom. The van der Waals surface area contributed by atoms with E-state index in [0.717, 1.165) is 44.2 Å². The van der Waals surface area contributed by atoms with E-state index in [1.165, 1.54) is 24.9 Å². The molecule has 0 radical (unpaired) electrons. The number of hydrogen-bond donors (Lipinski definition) is 0. The number of allylic oxidation sites excluding steroid dienone is 1. The zero-order valence-corrected chi connectivity index (χ0v) is 18.9. The van der Waals surface area contributed by atoms with E-state index in [2.05, 4.69) is 35.8 Å². The van der Waals surface area contributed by atoms with Crippen LogP contribution in [0.3, 0.4) is 0 Å². The molecule has 5 heteroatoms. The molecule has 1 aromatic carbocycles. The average molecular weight is 429 g/mol. The predicted molar refractivity (Wildman–Crippen MR) is 121 cm³/mol. The normalized spacial score (nSPS) is 36.7. The molecule has 0 aromatic heterocycles. The number of ether oxygens (including phenoxy) is 1. The van der Waals surface area contributed by atoms with E-state index in [4.69, 9.17) is 16.3 Å². The number of rotatable bonds is 3. The number of carbonyl (C=O) groups is 1. The van der Waals surface area contributed by atoms with Crippen LogP contribution in [0.4, 0.5) is 5.69 Å². The van der Waals surface area contributed by atoms with Gasteiger partial charge >= 0.3 is 5.97 Å². The molecule has 0 amide bonds. The smallest absolute Gasteiger partial charge is 0.311 e. The SMILES string of the molecule is CC1CCCC2(C)CC3OC(=O)C(CN4CCN(c5cccc(Cl)c5)CC4)C3C=C12. The molecular weight excluding hydrogens is 396 g/mol. The van der Waals surface area contributed by atoms with Crippen molar-refractivity contribution in [3.8, 4) is 0 Å². The largest absolute Gasteiger partial charge is 0.461 e. The van der Waals surface area contributed by atoms with Crippen molar-refractivity contribution in [3.63, 3.8) is 0 Å². The summed E-state index contributed by atoms with van der Waals surface area (Å²) in [5.74, 6) is 0.905. The van der Waals surface area contributed by atoms with E-state index in [9.17, 15) is 4.79 Å². The Morgan fingerprint density at radius 1 is 1.23 bits per heavy atom. The highest BCUT2D eigenvalue weighted by Gasteiger charge is 2.52. The lowest BCUT2D eigenvalue weighted by atomic mass is 9.59. The van der Waals surface area contributed by atoms with E-state index < -0.39 is 0 Å². The van der Waals surface area contributed by atoms with Crippen LogP contribution < -0.4 is 4.90 Å². The molecule has 5 unspecified atom stereocenters. The van der Waals surface area contributed by atoms with Crippen molar-refractivity contribution in [2.75, 3.05) is 37.6 Å². The number of piperazine rings is 1. The second kappa shape index (κ2) is 7.87. The summed E-state index contributed by atoms with van der Waals surface area (Å²) in [6, 6.07) is 8.08. The fourth-order valence-electron chi connectivity index (χ4n) is 6.40. The highest BCUT2D eigenvalue weighted by atomic mass is 35.5. The molecule has 0 N–H and O–H groups in total. The number of nitrogens with zero attached hydrogens (tertiary/aromatic N) is 2. The molecule has 3 fully saturated rings. The van der Waals surface area contributed by atoms with Crippen molar-refractivity contribution in [2.24, 2.45) is 23.2 Å². The Bertz CT molecular complexity index is 847. The fraction of sp³-hybridized carbons (Fsp3) is 0.640. The predicted octanol–water partition coefficient (Wildman–Crippen LogP) is 4.78. The van der Waals surface area contributed by atoms with E-state index in [1.807, 2.05) is 18.2 Å². The van der Waals surface area contributed by atoms with Gasteiger partial charge in [0, 0.05) is 49.4 Å². The first-order valence-electron chi connectivity index (χ1n) is 11.6. The first kappa shape index (κ1) is 20.4. The van der Waals surface area contributed by atoms with Crippen molar-refractivity contribution < 1.29 is 9.53 Å². The number of hydrogen-bond acceptors (Lipinski definition) is 4. The number of anilines is 1. The van der Waals surface area contributed by atoms with Crippen LogP contribution in [0.2, 0.25) is 5.02 Å². The molecule has 4 nitrogen and oxygen atoms in total. The van der Waals surface area contributed by atoms with Gasteiger partial charge in [-0.15, -0.1) is 0 Å². The van der Waals surface area contributed by atoms with Gasteiger partial charge < -0.3 is 9.64 Å². The van der Waals surface area contributed by atoms with Crippen molar-refractivity contribution >= 4 is 23.3 Å². The Balaban J connectivity index is 1.26. The third-order valence-corrected chi connectivity index (χ3v) is 8.32. The Labute approximate surface area is 185 Å². The lowest BCUT2D eigenvalue weighted by Gasteiger charge is -2.46. The number of carbonyl (C=O) groups excluding carboxylic acids is 1. The first-order valence-corrected chi connectivity index (χ1v) is 12.0. The van der Waals surface area contributed by atoms with Crippen LogP contribution in [0.25, 0.3) is 0 Å².